The lowest BCUT2D eigenvalue weighted by molar-refractivity contribution is 0.102. The van der Waals surface area contributed by atoms with Gasteiger partial charge in [0.2, 0.25) is 10.0 Å². The summed E-state index contributed by atoms with van der Waals surface area (Å²) in [5.74, 6) is 0.303. The molecule has 1 fully saturated rings. The third-order valence-electron chi connectivity index (χ3n) is 5.00. The van der Waals surface area contributed by atoms with Gasteiger partial charge in [0, 0.05) is 18.7 Å². The van der Waals surface area contributed by atoms with Crippen LogP contribution in [0.3, 0.4) is 0 Å². The fraction of sp³-hybridized carbons (Fsp3) is 0.300. The molecular weight excluding hydrogens is 410 g/mol. The Balaban J connectivity index is 1.55. The predicted octanol–water partition coefficient (Wildman–Crippen LogP) is 3.65. The second-order valence-electron chi connectivity index (χ2n) is 7.01. The minimum atomic E-state index is -3.53. The van der Waals surface area contributed by atoms with Gasteiger partial charge in [-0.05, 0) is 55.7 Å². The Kier molecular flexibility index (Phi) is 5.05. The van der Waals surface area contributed by atoms with Crippen molar-refractivity contribution < 1.29 is 17.9 Å². The molecule has 0 unspecified atom stereocenters. The third-order valence-corrected chi connectivity index (χ3v) is 8.03. The Morgan fingerprint density at radius 2 is 1.90 bits per heavy atom. The van der Waals surface area contributed by atoms with E-state index in [1.54, 1.807) is 14.2 Å². The van der Waals surface area contributed by atoms with E-state index in [1.165, 1.54) is 39.9 Å². The second kappa shape index (κ2) is 7.40. The maximum absolute atomic E-state index is 12.6. The summed E-state index contributed by atoms with van der Waals surface area (Å²) < 4.78 is 32.9. The number of sulfonamides is 1. The summed E-state index contributed by atoms with van der Waals surface area (Å²) in [6.07, 6.45) is 1.78. The zero-order chi connectivity index (χ0) is 20.8. The first kappa shape index (κ1) is 19.8. The Bertz CT molecular complexity index is 1180. The molecular formula is C20H21N3O4S2. The van der Waals surface area contributed by atoms with Gasteiger partial charge >= 0.3 is 0 Å². The van der Waals surface area contributed by atoms with Crippen molar-refractivity contribution in [2.75, 3.05) is 19.5 Å². The first-order chi connectivity index (χ1) is 13.8. The van der Waals surface area contributed by atoms with Crippen LogP contribution in [0, 0.1) is 6.92 Å². The molecule has 2 aromatic carbocycles. The monoisotopic (exact) mass is 431 g/mol. The SMILES string of the molecule is COc1ccc(C)c2sc(NC(=O)c3ccc(S(=O)(=O)N(C)C4CC4)cc3)nc12. The summed E-state index contributed by atoms with van der Waals surface area (Å²) >= 11 is 1.37. The molecule has 0 aliphatic heterocycles. The molecule has 1 N–H and O–H groups in total. The number of rotatable bonds is 6. The fourth-order valence-corrected chi connectivity index (χ4v) is 5.44. The van der Waals surface area contributed by atoms with Crippen molar-refractivity contribution in [3.05, 3.63) is 47.5 Å². The van der Waals surface area contributed by atoms with E-state index in [1.807, 2.05) is 19.1 Å². The molecule has 0 atom stereocenters. The molecule has 0 radical (unpaired) electrons. The normalized spacial score (nSPS) is 14.3. The first-order valence-corrected chi connectivity index (χ1v) is 11.4. The van der Waals surface area contributed by atoms with Crippen molar-refractivity contribution in [2.24, 2.45) is 0 Å². The molecule has 0 spiro atoms. The largest absolute Gasteiger partial charge is 0.494 e. The fourth-order valence-electron chi connectivity index (χ4n) is 3.08. The van der Waals surface area contributed by atoms with Crippen LogP contribution >= 0.6 is 11.3 Å². The van der Waals surface area contributed by atoms with E-state index < -0.39 is 10.0 Å². The van der Waals surface area contributed by atoms with E-state index in [9.17, 15) is 13.2 Å². The zero-order valence-corrected chi connectivity index (χ0v) is 17.9. The number of nitrogens with one attached hydrogen (secondary N) is 1. The minimum absolute atomic E-state index is 0.0856. The molecule has 4 rings (SSSR count). The number of methoxy groups -OCH3 is 1. The molecule has 0 bridgehead atoms. The van der Waals surface area contributed by atoms with Crippen LogP contribution in [-0.2, 0) is 10.0 Å². The van der Waals surface area contributed by atoms with Crippen LogP contribution in [0.25, 0.3) is 10.2 Å². The Hall–Kier alpha value is -2.49. The maximum Gasteiger partial charge on any atom is 0.257 e. The van der Waals surface area contributed by atoms with E-state index in [0.29, 0.717) is 22.0 Å². The number of hydrogen-bond acceptors (Lipinski definition) is 6. The van der Waals surface area contributed by atoms with Crippen LogP contribution in [0.2, 0.25) is 0 Å². The van der Waals surface area contributed by atoms with Crippen LogP contribution in [-0.4, -0.2) is 43.8 Å². The molecule has 1 amide bonds. The highest BCUT2D eigenvalue weighted by Crippen LogP contribution is 2.35. The molecule has 1 heterocycles. The van der Waals surface area contributed by atoms with Crippen LogP contribution in [0.15, 0.2) is 41.3 Å². The van der Waals surface area contributed by atoms with Gasteiger partial charge in [-0.15, -0.1) is 0 Å². The standard InChI is InChI=1S/C20H21N3O4S2/c1-12-4-11-16(27-3)17-18(12)28-20(21-17)22-19(24)13-5-9-15(10-6-13)29(25,26)23(2)14-7-8-14/h4-6,9-11,14H,7-8H2,1-3H3,(H,21,22,24). The van der Waals surface area contributed by atoms with Crippen LogP contribution in [0.4, 0.5) is 5.13 Å². The van der Waals surface area contributed by atoms with Crippen LogP contribution in [0.5, 0.6) is 5.75 Å². The average Bonchev–Trinajstić information content (AvgIpc) is 3.47. The third kappa shape index (κ3) is 3.73. The smallest absolute Gasteiger partial charge is 0.257 e. The van der Waals surface area contributed by atoms with E-state index in [0.717, 1.165) is 23.1 Å². The Morgan fingerprint density at radius 1 is 1.21 bits per heavy atom. The molecule has 3 aromatic rings. The average molecular weight is 432 g/mol. The van der Waals surface area contributed by atoms with Gasteiger partial charge in [0.05, 0.1) is 16.7 Å². The molecule has 1 saturated carbocycles. The molecule has 9 heteroatoms. The summed E-state index contributed by atoms with van der Waals surface area (Å²) in [7, 11) is -0.354. The van der Waals surface area contributed by atoms with Crippen LogP contribution in [0.1, 0.15) is 28.8 Å². The van der Waals surface area contributed by atoms with E-state index in [4.69, 9.17) is 4.74 Å². The maximum atomic E-state index is 12.6. The van der Waals surface area contributed by atoms with Gasteiger partial charge in [-0.1, -0.05) is 17.4 Å². The van der Waals surface area contributed by atoms with Crippen molar-refractivity contribution in [3.8, 4) is 5.75 Å². The molecule has 152 valence electrons. The summed E-state index contributed by atoms with van der Waals surface area (Å²) in [5.41, 5.74) is 2.12. The topological polar surface area (TPSA) is 88.6 Å². The minimum Gasteiger partial charge on any atom is -0.494 e. The number of benzene rings is 2. The van der Waals surface area contributed by atoms with Gasteiger partial charge in [-0.2, -0.15) is 4.31 Å². The van der Waals surface area contributed by atoms with Gasteiger partial charge in [0.15, 0.2) is 5.13 Å². The lowest BCUT2D eigenvalue weighted by Gasteiger charge is -2.16. The summed E-state index contributed by atoms with van der Waals surface area (Å²) in [5, 5.41) is 3.25. The molecule has 1 aliphatic rings. The number of aryl methyl sites for hydroxylation is 1. The van der Waals surface area contributed by atoms with Crippen molar-refractivity contribution in [1.29, 1.82) is 0 Å². The highest BCUT2D eigenvalue weighted by atomic mass is 32.2. The molecule has 29 heavy (non-hydrogen) atoms. The molecule has 1 aromatic heterocycles. The van der Waals surface area contributed by atoms with E-state index in [2.05, 4.69) is 10.3 Å². The number of carbonyl (C=O) groups is 1. The number of ether oxygens (including phenoxy) is 1. The highest BCUT2D eigenvalue weighted by molar-refractivity contribution is 7.89. The number of amides is 1. The van der Waals surface area contributed by atoms with Crippen molar-refractivity contribution >= 4 is 42.6 Å². The van der Waals surface area contributed by atoms with Gasteiger partial charge in [0.1, 0.15) is 11.3 Å². The molecule has 1 aliphatic carbocycles. The summed E-state index contributed by atoms with van der Waals surface area (Å²) in [6, 6.07) is 9.85. The van der Waals surface area contributed by atoms with Gasteiger partial charge in [-0.25, -0.2) is 13.4 Å². The van der Waals surface area contributed by atoms with Crippen molar-refractivity contribution in [2.45, 2.75) is 30.7 Å². The summed E-state index contributed by atoms with van der Waals surface area (Å²) in [6.45, 7) is 1.98. The highest BCUT2D eigenvalue weighted by Gasteiger charge is 2.35. The number of aromatic nitrogens is 1. The number of anilines is 1. The quantitative estimate of drug-likeness (QED) is 0.644. The molecule has 0 saturated heterocycles. The first-order valence-electron chi connectivity index (χ1n) is 9.15. The van der Waals surface area contributed by atoms with Crippen molar-refractivity contribution in [3.63, 3.8) is 0 Å². The Labute approximate surface area is 173 Å². The van der Waals surface area contributed by atoms with E-state index >= 15 is 0 Å². The van der Waals surface area contributed by atoms with Gasteiger partial charge < -0.3 is 4.74 Å². The zero-order valence-electron chi connectivity index (χ0n) is 16.3. The number of hydrogen-bond donors (Lipinski definition) is 1. The summed E-state index contributed by atoms with van der Waals surface area (Å²) in [4.78, 5) is 17.3. The molecule has 7 nitrogen and oxygen atoms in total. The van der Waals surface area contributed by atoms with Crippen LogP contribution < -0.4 is 10.1 Å². The Morgan fingerprint density at radius 3 is 2.52 bits per heavy atom. The second-order valence-corrected chi connectivity index (χ2v) is 10.0. The lowest BCUT2D eigenvalue weighted by atomic mass is 10.2. The van der Waals surface area contributed by atoms with Gasteiger partial charge in [-0.3, -0.25) is 10.1 Å². The van der Waals surface area contributed by atoms with E-state index in [-0.39, 0.29) is 16.8 Å². The number of carbonyl (C=O) groups excluding carboxylic acids is 1. The van der Waals surface area contributed by atoms with Crippen molar-refractivity contribution in [1.82, 2.24) is 9.29 Å². The lowest BCUT2D eigenvalue weighted by Crippen LogP contribution is -2.29. The number of thiazole rings is 1. The number of fused-ring (bicyclic) bond motifs is 1. The predicted molar refractivity (Wildman–Crippen MR) is 113 cm³/mol. The number of nitrogens with zero attached hydrogens (tertiary/aromatic N) is 2. The van der Waals surface area contributed by atoms with Gasteiger partial charge in [0.25, 0.3) is 5.91 Å².